The van der Waals surface area contributed by atoms with Crippen LogP contribution in [0.2, 0.25) is 0 Å². The first kappa shape index (κ1) is 11.0. The number of carbonyl (C=O) groups is 1. The summed E-state index contributed by atoms with van der Waals surface area (Å²) in [5.41, 5.74) is 3.21. The average molecular weight is 211 g/mol. The van der Waals surface area contributed by atoms with Crippen LogP contribution in [0.3, 0.4) is 0 Å². The molecule has 80 valence electrons. The second-order valence-corrected chi connectivity index (χ2v) is 5.13. The van der Waals surface area contributed by atoms with Gasteiger partial charge in [-0.2, -0.15) is 0 Å². The van der Waals surface area contributed by atoms with E-state index in [4.69, 9.17) is 7.98 Å². The third-order valence-corrected chi connectivity index (χ3v) is 2.94. The van der Waals surface area contributed by atoms with E-state index in [2.05, 4.69) is 27.4 Å². The molecular formula is C13H14BNO. The number of rotatable bonds is 0. The van der Waals surface area contributed by atoms with Crippen LogP contribution in [0.15, 0.2) is 24.8 Å². The van der Waals surface area contributed by atoms with Gasteiger partial charge in [0.2, 0.25) is 13.9 Å². The van der Waals surface area contributed by atoms with Crippen molar-refractivity contribution in [3.63, 3.8) is 0 Å². The van der Waals surface area contributed by atoms with Crippen molar-refractivity contribution in [3.05, 3.63) is 41.5 Å². The maximum atomic E-state index is 11.8. The second-order valence-electron chi connectivity index (χ2n) is 5.13. The fourth-order valence-electron chi connectivity index (χ4n) is 1.82. The lowest BCUT2D eigenvalue weighted by Gasteiger charge is -2.19. The molecule has 0 saturated carbocycles. The Morgan fingerprint density at radius 1 is 1.25 bits per heavy atom. The van der Waals surface area contributed by atoms with Crippen molar-refractivity contribution in [1.82, 2.24) is 4.81 Å². The van der Waals surface area contributed by atoms with Gasteiger partial charge in [-0.25, -0.2) is 0 Å². The van der Waals surface area contributed by atoms with Gasteiger partial charge < -0.3 is 4.81 Å². The lowest BCUT2D eigenvalue weighted by Crippen LogP contribution is -2.19. The van der Waals surface area contributed by atoms with Crippen LogP contribution in [-0.2, 0) is 5.41 Å². The lowest BCUT2D eigenvalue weighted by molar-refractivity contribution is 0.0918. The number of fused-ring (bicyclic) bond motifs is 1. The maximum Gasteiger partial charge on any atom is 0.245 e. The molecule has 0 aliphatic carbocycles. The first-order valence-corrected chi connectivity index (χ1v) is 5.25. The van der Waals surface area contributed by atoms with Crippen LogP contribution in [0.25, 0.3) is 5.70 Å². The molecule has 2 rings (SSSR count). The van der Waals surface area contributed by atoms with E-state index in [9.17, 15) is 4.79 Å². The van der Waals surface area contributed by atoms with E-state index < -0.39 is 0 Å². The summed E-state index contributed by atoms with van der Waals surface area (Å²) in [5, 5.41) is 0. The van der Waals surface area contributed by atoms with Gasteiger partial charge in [-0.3, -0.25) is 4.79 Å². The molecule has 0 fully saturated rings. The second kappa shape index (κ2) is 3.24. The number of nitrogens with zero attached hydrogens (tertiary/aromatic N) is 1. The molecule has 1 aromatic carbocycles. The Morgan fingerprint density at radius 2 is 1.88 bits per heavy atom. The highest BCUT2D eigenvalue weighted by molar-refractivity contribution is 6.27. The Kier molecular flexibility index (Phi) is 2.23. The van der Waals surface area contributed by atoms with Crippen LogP contribution in [0, 0.1) is 0 Å². The van der Waals surface area contributed by atoms with Crippen LogP contribution in [0.1, 0.15) is 42.3 Å². The summed E-state index contributed by atoms with van der Waals surface area (Å²) in [7, 11) is 5.62. The molecule has 1 aliphatic rings. The van der Waals surface area contributed by atoms with Gasteiger partial charge in [0.25, 0.3) is 0 Å². The van der Waals surface area contributed by atoms with Crippen LogP contribution >= 0.6 is 0 Å². The summed E-state index contributed by atoms with van der Waals surface area (Å²) in [6.07, 6.45) is 0. The van der Waals surface area contributed by atoms with E-state index in [1.165, 1.54) is 0 Å². The molecule has 0 aromatic heterocycles. The normalized spacial score (nSPS) is 15.6. The largest absolute Gasteiger partial charge is 0.365 e. The predicted molar refractivity (Wildman–Crippen MR) is 66.1 cm³/mol. The molecule has 1 amide bonds. The molecule has 3 heteroatoms. The van der Waals surface area contributed by atoms with Crippen LogP contribution < -0.4 is 0 Å². The van der Waals surface area contributed by atoms with Crippen molar-refractivity contribution < 1.29 is 4.79 Å². The molecule has 2 nitrogen and oxygen atoms in total. The SMILES string of the molecule is [B]N1C(=C)c2ccc(C(C)(C)C)cc2C1=O. The Hall–Kier alpha value is -1.51. The molecule has 1 heterocycles. The highest BCUT2D eigenvalue weighted by Gasteiger charge is 2.28. The quantitative estimate of drug-likeness (QED) is 0.603. The van der Waals surface area contributed by atoms with Gasteiger partial charge in [0.1, 0.15) is 0 Å². The average Bonchev–Trinajstić information content (AvgIpc) is 2.43. The minimum atomic E-state index is -0.175. The highest BCUT2D eigenvalue weighted by Crippen LogP contribution is 2.33. The molecule has 16 heavy (non-hydrogen) atoms. The summed E-state index contributed by atoms with van der Waals surface area (Å²) < 4.78 is 0. The summed E-state index contributed by atoms with van der Waals surface area (Å²) >= 11 is 0. The number of carbonyl (C=O) groups excluding carboxylic acids is 1. The fraction of sp³-hybridized carbons (Fsp3) is 0.308. The third-order valence-electron chi connectivity index (χ3n) is 2.94. The highest BCUT2D eigenvalue weighted by atomic mass is 16.2. The smallest absolute Gasteiger partial charge is 0.245 e. The van der Waals surface area contributed by atoms with Gasteiger partial charge in [-0.15, -0.1) is 0 Å². The molecular weight excluding hydrogens is 197 g/mol. The van der Waals surface area contributed by atoms with Gasteiger partial charge in [0.05, 0.1) is 0 Å². The van der Waals surface area contributed by atoms with Crippen LogP contribution in [0.4, 0.5) is 0 Å². The number of hydrogen-bond acceptors (Lipinski definition) is 1. The third kappa shape index (κ3) is 1.47. The lowest BCUT2D eigenvalue weighted by atomic mass is 9.85. The van der Waals surface area contributed by atoms with Gasteiger partial charge in [-0.05, 0) is 17.0 Å². The Labute approximate surface area is 97.4 Å². The summed E-state index contributed by atoms with van der Waals surface area (Å²) in [4.78, 5) is 12.9. The minimum Gasteiger partial charge on any atom is -0.365 e. The fourth-order valence-corrected chi connectivity index (χ4v) is 1.82. The maximum absolute atomic E-state index is 11.8. The zero-order valence-corrected chi connectivity index (χ0v) is 9.87. The molecule has 0 N–H and O–H groups in total. The van der Waals surface area contributed by atoms with Gasteiger partial charge >= 0.3 is 0 Å². The summed E-state index contributed by atoms with van der Waals surface area (Å²) in [6, 6.07) is 5.86. The molecule has 0 unspecified atom stereocenters. The van der Waals surface area contributed by atoms with Crippen molar-refractivity contribution >= 4 is 19.6 Å². The van der Waals surface area contributed by atoms with E-state index in [1.54, 1.807) is 0 Å². The monoisotopic (exact) mass is 211 g/mol. The number of benzene rings is 1. The van der Waals surface area contributed by atoms with E-state index in [0.29, 0.717) is 11.3 Å². The molecule has 0 spiro atoms. The van der Waals surface area contributed by atoms with Crippen molar-refractivity contribution in [2.75, 3.05) is 0 Å². The first-order chi connectivity index (χ1) is 7.32. The van der Waals surface area contributed by atoms with Crippen molar-refractivity contribution in [3.8, 4) is 0 Å². The molecule has 2 radical (unpaired) electrons. The predicted octanol–water partition coefficient (Wildman–Crippen LogP) is 2.49. The van der Waals surface area contributed by atoms with E-state index >= 15 is 0 Å². The van der Waals surface area contributed by atoms with Crippen LogP contribution in [-0.4, -0.2) is 18.7 Å². The first-order valence-electron chi connectivity index (χ1n) is 5.25. The topological polar surface area (TPSA) is 20.3 Å². The van der Waals surface area contributed by atoms with Crippen molar-refractivity contribution in [2.24, 2.45) is 0 Å². The molecule has 1 aliphatic heterocycles. The summed E-state index contributed by atoms with van der Waals surface area (Å²) in [5.74, 6) is -0.175. The van der Waals surface area contributed by atoms with E-state index in [0.717, 1.165) is 15.9 Å². The zero-order valence-electron chi connectivity index (χ0n) is 9.87. The minimum absolute atomic E-state index is 0.0265. The van der Waals surface area contributed by atoms with E-state index in [1.807, 2.05) is 18.2 Å². The van der Waals surface area contributed by atoms with Gasteiger partial charge in [-0.1, -0.05) is 39.5 Å². The molecule has 0 bridgehead atoms. The van der Waals surface area contributed by atoms with E-state index in [-0.39, 0.29) is 11.3 Å². The van der Waals surface area contributed by atoms with Crippen molar-refractivity contribution in [2.45, 2.75) is 26.2 Å². The Balaban J connectivity index is 2.58. The summed E-state index contributed by atoms with van der Waals surface area (Å²) in [6.45, 7) is 10.1. The van der Waals surface area contributed by atoms with Gasteiger partial charge in [0, 0.05) is 16.8 Å². The Morgan fingerprint density at radius 3 is 2.44 bits per heavy atom. The van der Waals surface area contributed by atoms with Crippen LogP contribution in [0.5, 0.6) is 0 Å². The molecule has 1 aromatic rings. The van der Waals surface area contributed by atoms with Crippen molar-refractivity contribution in [1.29, 1.82) is 0 Å². The van der Waals surface area contributed by atoms with Gasteiger partial charge in [0.15, 0.2) is 0 Å². The molecule has 0 atom stereocenters. The molecule has 0 saturated heterocycles. The Bertz CT molecular complexity index is 485. The zero-order chi connectivity index (χ0) is 12.1. The number of hydrogen-bond donors (Lipinski definition) is 0. The standard InChI is InChI=1S/C13H14BNO/c1-8-10-6-5-9(13(2,3)4)7-11(10)12(16)15(8)14/h5-7H,1H2,2-4H3. The number of amides is 1.